The molecular weight excluding hydrogens is 388 g/mol. The summed E-state index contributed by atoms with van der Waals surface area (Å²) in [5.41, 5.74) is 3.04. The zero-order valence-electron chi connectivity index (χ0n) is 17.6. The highest BCUT2D eigenvalue weighted by Gasteiger charge is 2.33. The van der Waals surface area contributed by atoms with Gasteiger partial charge >= 0.3 is 0 Å². The number of ether oxygens (including phenoxy) is 2. The summed E-state index contributed by atoms with van der Waals surface area (Å²) in [5.74, 6) is 2.08. The quantitative estimate of drug-likeness (QED) is 0.671. The topological polar surface area (TPSA) is 50.8 Å². The second-order valence-electron chi connectivity index (χ2n) is 8.08. The number of nitrogens with one attached hydrogen (secondary N) is 1. The number of carbonyl (C=O) groups is 1. The molecule has 3 aromatic carbocycles. The molecule has 0 aromatic heterocycles. The largest absolute Gasteiger partial charge is 0.497 e. The van der Waals surface area contributed by atoms with Crippen LogP contribution in [0.1, 0.15) is 29.9 Å². The summed E-state index contributed by atoms with van der Waals surface area (Å²) in [5, 5.41) is 3.32. The van der Waals surface area contributed by atoms with Gasteiger partial charge in [-0.15, -0.1) is 0 Å². The summed E-state index contributed by atoms with van der Waals surface area (Å²) in [4.78, 5) is 15.8. The Morgan fingerprint density at radius 3 is 2.06 bits per heavy atom. The van der Waals surface area contributed by atoms with E-state index in [0.29, 0.717) is 0 Å². The maximum atomic E-state index is 13.4. The number of amides is 1. The molecule has 2 aliphatic rings. The zero-order chi connectivity index (χ0) is 21.2. The van der Waals surface area contributed by atoms with Crippen molar-refractivity contribution in [2.75, 3.05) is 25.1 Å². The Balaban J connectivity index is 1.28. The molecule has 3 aromatic rings. The lowest BCUT2D eigenvalue weighted by molar-refractivity contribution is -0.122. The molecule has 0 radical (unpaired) electrons. The molecular formula is C26H26N2O3. The number of hydrogen-bond donors (Lipinski definition) is 1. The van der Waals surface area contributed by atoms with E-state index in [9.17, 15) is 4.79 Å². The highest BCUT2D eigenvalue weighted by Crippen LogP contribution is 2.44. The third-order valence-electron chi connectivity index (χ3n) is 6.22. The number of anilines is 1. The fraction of sp³-hybridized carbons (Fsp3) is 0.269. The molecule has 0 saturated carbocycles. The molecule has 0 atom stereocenters. The van der Waals surface area contributed by atoms with Crippen LogP contribution >= 0.6 is 0 Å². The number of fused-ring (bicyclic) bond motifs is 2. The van der Waals surface area contributed by atoms with E-state index < -0.39 is 0 Å². The number of piperidine rings is 1. The minimum Gasteiger partial charge on any atom is -0.497 e. The van der Waals surface area contributed by atoms with Gasteiger partial charge in [0.2, 0.25) is 5.91 Å². The summed E-state index contributed by atoms with van der Waals surface area (Å²) < 4.78 is 11.3. The van der Waals surface area contributed by atoms with E-state index in [4.69, 9.17) is 9.47 Å². The van der Waals surface area contributed by atoms with Crippen molar-refractivity contribution in [2.45, 2.75) is 24.8 Å². The summed E-state index contributed by atoms with van der Waals surface area (Å²) in [6.45, 7) is 1.83. The number of hydrogen-bond acceptors (Lipinski definition) is 4. The van der Waals surface area contributed by atoms with Crippen LogP contribution < -0.4 is 19.7 Å². The average molecular weight is 415 g/mol. The molecule has 158 valence electrons. The van der Waals surface area contributed by atoms with E-state index >= 15 is 0 Å². The molecule has 1 saturated heterocycles. The van der Waals surface area contributed by atoms with Crippen LogP contribution in [0.5, 0.6) is 17.2 Å². The van der Waals surface area contributed by atoms with Crippen molar-refractivity contribution in [1.82, 2.24) is 5.32 Å². The van der Waals surface area contributed by atoms with Crippen molar-refractivity contribution in [1.29, 1.82) is 0 Å². The van der Waals surface area contributed by atoms with Gasteiger partial charge in [-0.3, -0.25) is 4.79 Å². The first kappa shape index (κ1) is 19.5. The predicted octanol–water partition coefficient (Wildman–Crippen LogP) is 4.72. The number of methoxy groups -OCH3 is 1. The summed E-state index contributed by atoms with van der Waals surface area (Å²) in [6.07, 6.45) is 1.84. The van der Waals surface area contributed by atoms with Crippen molar-refractivity contribution in [3.05, 3.63) is 83.9 Å². The maximum absolute atomic E-state index is 13.4. The van der Waals surface area contributed by atoms with Crippen molar-refractivity contribution in [2.24, 2.45) is 0 Å². The molecule has 1 fully saturated rings. The number of para-hydroxylation sites is 2. The zero-order valence-corrected chi connectivity index (χ0v) is 17.6. The second kappa shape index (κ2) is 8.34. The third-order valence-corrected chi connectivity index (χ3v) is 6.22. The third kappa shape index (κ3) is 3.83. The maximum Gasteiger partial charge on any atom is 0.232 e. The Hall–Kier alpha value is -3.47. The van der Waals surface area contributed by atoms with E-state index in [0.717, 1.165) is 54.3 Å². The lowest BCUT2D eigenvalue weighted by Gasteiger charge is -2.35. The number of nitrogens with zero attached hydrogens (tertiary/aromatic N) is 1. The normalized spacial score (nSPS) is 16.1. The molecule has 0 bridgehead atoms. The van der Waals surface area contributed by atoms with Crippen molar-refractivity contribution >= 4 is 11.6 Å². The summed E-state index contributed by atoms with van der Waals surface area (Å²) in [7, 11) is 1.68. The minimum atomic E-state index is -0.347. The van der Waals surface area contributed by atoms with Crippen LogP contribution in [0.2, 0.25) is 0 Å². The van der Waals surface area contributed by atoms with Crippen LogP contribution in [0.4, 0.5) is 5.69 Å². The molecule has 5 heteroatoms. The molecule has 5 nitrogen and oxygen atoms in total. The van der Waals surface area contributed by atoms with Gasteiger partial charge in [0.15, 0.2) is 0 Å². The monoisotopic (exact) mass is 414 g/mol. The molecule has 1 N–H and O–H groups in total. The standard InChI is InChI=1S/C26H26N2O3/c1-30-20-12-10-19(11-13-20)28-16-14-18(15-17-28)27-26(29)25-21-6-2-4-8-23(21)31-24-9-5-3-7-22(24)25/h2-13,18,25H,14-17H2,1H3,(H,27,29). The molecule has 2 heterocycles. The van der Waals surface area contributed by atoms with E-state index in [-0.39, 0.29) is 17.9 Å². The summed E-state index contributed by atoms with van der Waals surface area (Å²) >= 11 is 0. The lowest BCUT2D eigenvalue weighted by atomic mass is 9.87. The van der Waals surface area contributed by atoms with Crippen molar-refractivity contribution in [3.63, 3.8) is 0 Å². The molecule has 2 aliphatic heterocycles. The fourth-order valence-electron chi connectivity index (χ4n) is 4.55. The predicted molar refractivity (Wildman–Crippen MR) is 121 cm³/mol. The average Bonchev–Trinajstić information content (AvgIpc) is 2.83. The Morgan fingerprint density at radius 2 is 1.48 bits per heavy atom. The first-order chi connectivity index (χ1) is 15.2. The van der Waals surface area contributed by atoms with Gasteiger partial charge in [-0.2, -0.15) is 0 Å². The number of benzene rings is 3. The number of carbonyl (C=O) groups excluding carboxylic acids is 1. The molecule has 0 spiro atoms. The van der Waals surface area contributed by atoms with Gasteiger partial charge in [-0.25, -0.2) is 0 Å². The molecule has 1 amide bonds. The Labute approximate surface area is 182 Å². The molecule has 5 rings (SSSR count). The molecule has 31 heavy (non-hydrogen) atoms. The van der Waals surface area contributed by atoms with Gasteiger partial charge in [0.25, 0.3) is 0 Å². The smallest absolute Gasteiger partial charge is 0.232 e. The van der Waals surface area contributed by atoms with Crippen LogP contribution in [-0.2, 0) is 4.79 Å². The Morgan fingerprint density at radius 1 is 0.903 bits per heavy atom. The first-order valence-electron chi connectivity index (χ1n) is 10.8. The molecule has 0 aliphatic carbocycles. The van der Waals surface area contributed by atoms with Crippen LogP contribution in [0, 0.1) is 0 Å². The highest BCUT2D eigenvalue weighted by atomic mass is 16.5. The van der Waals surface area contributed by atoms with Gasteiger partial charge < -0.3 is 19.7 Å². The van der Waals surface area contributed by atoms with Gasteiger partial charge in [0.05, 0.1) is 13.0 Å². The van der Waals surface area contributed by atoms with Gasteiger partial charge in [-0.1, -0.05) is 36.4 Å². The van der Waals surface area contributed by atoms with Crippen molar-refractivity contribution < 1.29 is 14.3 Å². The lowest BCUT2D eigenvalue weighted by Crippen LogP contribution is -2.46. The van der Waals surface area contributed by atoms with Gasteiger partial charge in [-0.05, 0) is 49.2 Å². The minimum absolute atomic E-state index is 0.0473. The van der Waals surface area contributed by atoms with Crippen molar-refractivity contribution in [3.8, 4) is 17.2 Å². The summed E-state index contributed by atoms with van der Waals surface area (Å²) in [6, 6.07) is 24.0. The van der Waals surface area contributed by atoms with Gasteiger partial charge in [0.1, 0.15) is 17.2 Å². The second-order valence-corrected chi connectivity index (χ2v) is 8.08. The molecule has 0 unspecified atom stereocenters. The van der Waals surface area contributed by atoms with Crippen LogP contribution in [0.15, 0.2) is 72.8 Å². The van der Waals surface area contributed by atoms with Gasteiger partial charge in [0, 0.05) is 35.9 Å². The van der Waals surface area contributed by atoms with Crippen LogP contribution in [0.25, 0.3) is 0 Å². The highest BCUT2D eigenvalue weighted by molar-refractivity contribution is 5.89. The fourth-order valence-corrected chi connectivity index (χ4v) is 4.55. The van der Waals surface area contributed by atoms with Crippen LogP contribution in [0.3, 0.4) is 0 Å². The Bertz CT molecular complexity index is 1030. The first-order valence-corrected chi connectivity index (χ1v) is 10.8. The SMILES string of the molecule is COc1ccc(N2CCC(NC(=O)C3c4ccccc4Oc4ccccc43)CC2)cc1. The number of rotatable bonds is 4. The van der Waals surface area contributed by atoms with E-state index in [1.807, 2.05) is 60.7 Å². The van der Waals surface area contributed by atoms with Crippen LogP contribution in [-0.4, -0.2) is 32.1 Å². The van der Waals surface area contributed by atoms with E-state index in [2.05, 4.69) is 22.3 Å². The van der Waals surface area contributed by atoms with E-state index in [1.165, 1.54) is 5.69 Å². The van der Waals surface area contributed by atoms with E-state index in [1.54, 1.807) is 7.11 Å². The Kier molecular flexibility index (Phi) is 5.24.